The average molecular weight is 335 g/mol. The second kappa shape index (κ2) is 9.13. The number of benzene rings is 1. The normalized spacial score (nSPS) is 13.2. The molecule has 0 heterocycles. The highest BCUT2D eigenvalue weighted by Gasteiger charge is 2.25. The number of carbonyl (C=O) groups is 1. The van der Waals surface area contributed by atoms with Gasteiger partial charge in [0.1, 0.15) is 5.75 Å². The van der Waals surface area contributed by atoms with Crippen LogP contribution in [0.5, 0.6) is 5.75 Å². The van der Waals surface area contributed by atoms with Crippen molar-refractivity contribution in [3.05, 3.63) is 29.3 Å². The Morgan fingerprint density at radius 1 is 1.48 bits per heavy atom. The Morgan fingerprint density at radius 2 is 2.14 bits per heavy atom. The summed E-state index contributed by atoms with van der Waals surface area (Å²) in [5.74, 6) is 0.849. The summed E-state index contributed by atoms with van der Waals surface area (Å²) in [6, 6.07) is 6.96. The molecule has 0 radical (unpaired) electrons. The van der Waals surface area contributed by atoms with Gasteiger partial charge in [-0.1, -0.05) is 31.5 Å². The number of ether oxygens (including phenoxy) is 1. The highest BCUT2D eigenvalue weighted by Crippen LogP contribution is 2.18. The van der Waals surface area contributed by atoms with Crippen LogP contribution in [0, 0.1) is 5.92 Å². The van der Waals surface area contributed by atoms with Crippen molar-refractivity contribution in [2.45, 2.75) is 32.7 Å². The van der Waals surface area contributed by atoms with Crippen LogP contribution in [0.3, 0.4) is 0 Å². The SMILES string of the molecule is CC(C)CC(C)(CN)NC(=O)COc1cccc(Cl)c1.Cl. The zero-order valence-electron chi connectivity index (χ0n) is 12.7. The van der Waals surface area contributed by atoms with Crippen molar-refractivity contribution in [1.82, 2.24) is 5.32 Å². The second-order valence-corrected chi connectivity index (χ2v) is 6.09. The molecule has 0 aliphatic heterocycles. The standard InChI is InChI=1S/C15H23ClN2O2.ClH/c1-11(2)8-15(3,10-17)18-14(19)9-20-13-6-4-5-12(16)7-13;/h4-7,11H,8-10,17H2,1-3H3,(H,18,19);1H. The zero-order chi connectivity index (χ0) is 15.2. The molecule has 0 saturated carbocycles. The fourth-order valence-electron chi connectivity index (χ4n) is 2.16. The quantitative estimate of drug-likeness (QED) is 0.805. The number of halogens is 2. The third-order valence-corrected chi connectivity index (χ3v) is 3.15. The molecule has 1 rings (SSSR count). The number of rotatable bonds is 7. The number of hydrogen-bond acceptors (Lipinski definition) is 3. The van der Waals surface area contributed by atoms with E-state index in [9.17, 15) is 4.79 Å². The lowest BCUT2D eigenvalue weighted by Gasteiger charge is -2.31. The second-order valence-electron chi connectivity index (χ2n) is 5.66. The third kappa shape index (κ3) is 7.55. The number of amides is 1. The van der Waals surface area contributed by atoms with Crippen LogP contribution < -0.4 is 15.8 Å². The topological polar surface area (TPSA) is 64.3 Å². The Morgan fingerprint density at radius 3 is 2.67 bits per heavy atom. The molecular formula is C15H24Cl2N2O2. The van der Waals surface area contributed by atoms with Gasteiger partial charge in [0.15, 0.2) is 6.61 Å². The highest BCUT2D eigenvalue weighted by molar-refractivity contribution is 6.30. The molecule has 0 aliphatic carbocycles. The molecule has 1 amide bonds. The van der Waals surface area contributed by atoms with E-state index in [2.05, 4.69) is 19.2 Å². The Balaban J connectivity index is 0.00000400. The molecule has 6 heteroatoms. The van der Waals surface area contributed by atoms with Crippen LogP contribution in [0.25, 0.3) is 0 Å². The first-order valence-corrected chi connectivity index (χ1v) is 7.12. The van der Waals surface area contributed by atoms with E-state index in [4.69, 9.17) is 22.1 Å². The first-order chi connectivity index (χ1) is 9.34. The molecule has 21 heavy (non-hydrogen) atoms. The van der Waals surface area contributed by atoms with E-state index in [0.717, 1.165) is 6.42 Å². The largest absolute Gasteiger partial charge is 0.484 e. The van der Waals surface area contributed by atoms with E-state index >= 15 is 0 Å². The summed E-state index contributed by atoms with van der Waals surface area (Å²) in [4.78, 5) is 11.9. The number of hydrogen-bond donors (Lipinski definition) is 2. The minimum atomic E-state index is -0.400. The molecule has 4 nitrogen and oxygen atoms in total. The van der Waals surface area contributed by atoms with E-state index in [1.807, 2.05) is 6.92 Å². The Bertz CT molecular complexity index is 455. The summed E-state index contributed by atoms with van der Waals surface area (Å²) in [5.41, 5.74) is 5.36. The van der Waals surface area contributed by atoms with Crippen molar-refractivity contribution < 1.29 is 9.53 Å². The van der Waals surface area contributed by atoms with E-state index in [1.54, 1.807) is 24.3 Å². The highest BCUT2D eigenvalue weighted by atomic mass is 35.5. The van der Waals surface area contributed by atoms with Gasteiger partial charge in [-0.05, 0) is 37.5 Å². The number of nitrogens with two attached hydrogens (primary N) is 1. The summed E-state index contributed by atoms with van der Waals surface area (Å²) in [6.45, 7) is 6.50. The van der Waals surface area contributed by atoms with Gasteiger partial charge in [0.25, 0.3) is 5.91 Å². The van der Waals surface area contributed by atoms with Crippen molar-refractivity contribution >= 4 is 29.9 Å². The lowest BCUT2D eigenvalue weighted by molar-refractivity contribution is -0.125. The zero-order valence-corrected chi connectivity index (χ0v) is 14.3. The van der Waals surface area contributed by atoms with Gasteiger partial charge in [-0.25, -0.2) is 0 Å². The Labute approximate surface area is 137 Å². The van der Waals surface area contributed by atoms with Crippen molar-refractivity contribution in [2.24, 2.45) is 11.7 Å². The van der Waals surface area contributed by atoms with Crippen LogP contribution in [0.1, 0.15) is 27.2 Å². The molecule has 0 aromatic heterocycles. The summed E-state index contributed by atoms with van der Waals surface area (Å²) in [7, 11) is 0. The molecule has 120 valence electrons. The average Bonchev–Trinajstić information content (AvgIpc) is 2.35. The minimum Gasteiger partial charge on any atom is -0.484 e. The smallest absolute Gasteiger partial charge is 0.258 e. The maximum atomic E-state index is 11.9. The summed E-state index contributed by atoms with van der Waals surface area (Å²) >= 11 is 5.85. The third-order valence-electron chi connectivity index (χ3n) is 2.92. The van der Waals surface area contributed by atoms with Gasteiger partial charge in [0.2, 0.25) is 0 Å². The lowest BCUT2D eigenvalue weighted by Crippen LogP contribution is -2.53. The van der Waals surface area contributed by atoms with Gasteiger partial charge in [-0.3, -0.25) is 4.79 Å². The molecular weight excluding hydrogens is 311 g/mol. The first-order valence-electron chi connectivity index (χ1n) is 6.74. The molecule has 1 unspecified atom stereocenters. The predicted octanol–water partition coefficient (Wildman–Crippen LogP) is 3.02. The molecule has 0 fully saturated rings. The predicted molar refractivity (Wildman–Crippen MR) is 89.3 cm³/mol. The maximum Gasteiger partial charge on any atom is 0.258 e. The van der Waals surface area contributed by atoms with Crippen LogP contribution in [0.15, 0.2) is 24.3 Å². The van der Waals surface area contributed by atoms with Gasteiger partial charge < -0.3 is 15.8 Å². The van der Waals surface area contributed by atoms with Crippen molar-refractivity contribution in [3.8, 4) is 5.75 Å². The van der Waals surface area contributed by atoms with Crippen molar-refractivity contribution in [3.63, 3.8) is 0 Å². The van der Waals surface area contributed by atoms with Gasteiger partial charge in [-0.15, -0.1) is 12.4 Å². The molecule has 0 saturated heterocycles. The van der Waals surface area contributed by atoms with Gasteiger partial charge in [-0.2, -0.15) is 0 Å². The van der Waals surface area contributed by atoms with Gasteiger partial charge in [0, 0.05) is 17.1 Å². The van der Waals surface area contributed by atoms with Crippen LogP contribution in [-0.4, -0.2) is 24.6 Å². The maximum absolute atomic E-state index is 11.9. The van der Waals surface area contributed by atoms with Gasteiger partial charge in [0.05, 0.1) is 0 Å². The molecule has 0 spiro atoms. The molecule has 0 bridgehead atoms. The lowest BCUT2D eigenvalue weighted by atomic mass is 9.91. The van der Waals surface area contributed by atoms with Crippen LogP contribution in [0.2, 0.25) is 5.02 Å². The summed E-state index contributed by atoms with van der Waals surface area (Å²) < 4.78 is 5.41. The van der Waals surface area contributed by atoms with Crippen molar-refractivity contribution in [2.75, 3.05) is 13.2 Å². The minimum absolute atomic E-state index is 0. The molecule has 1 aromatic carbocycles. The number of nitrogens with one attached hydrogen (secondary N) is 1. The van der Waals surface area contributed by atoms with Crippen LogP contribution in [-0.2, 0) is 4.79 Å². The van der Waals surface area contributed by atoms with E-state index in [0.29, 0.717) is 23.2 Å². The Hall–Kier alpha value is -0.970. The fraction of sp³-hybridized carbons (Fsp3) is 0.533. The Kier molecular flexibility index (Phi) is 8.71. The van der Waals surface area contributed by atoms with Crippen LogP contribution in [0.4, 0.5) is 0 Å². The molecule has 1 atom stereocenters. The van der Waals surface area contributed by atoms with Crippen LogP contribution >= 0.6 is 24.0 Å². The fourth-order valence-corrected chi connectivity index (χ4v) is 2.35. The van der Waals surface area contributed by atoms with Gasteiger partial charge >= 0.3 is 0 Å². The monoisotopic (exact) mass is 334 g/mol. The first kappa shape index (κ1) is 20.0. The number of carbonyl (C=O) groups excluding carboxylic acids is 1. The molecule has 0 aliphatic rings. The van der Waals surface area contributed by atoms with E-state index in [1.165, 1.54) is 0 Å². The molecule has 3 N–H and O–H groups in total. The van der Waals surface area contributed by atoms with E-state index in [-0.39, 0.29) is 24.9 Å². The summed E-state index contributed by atoms with van der Waals surface area (Å²) in [6.07, 6.45) is 0.826. The van der Waals surface area contributed by atoms with E-state index < -0.39 is 5.54 Å². The summed E-state index contributed by atoms with van der Waals surface area (Å²) in [5, 5.41) is 3.52. The molecule has 1 aromatic rings. The van der Waals surface area contributed by atoms with Crippen molar-refractivity contribution in [1.29, 1.82) is 0 Å².